The van der Waals surface area contributed by atoms with Crippen molar-refractivity contribution >= 4 is 22.6 Å². The zero-order valence-corrected chi connectivity index (χ0v) is 21.1. The molecule has 1 amide bonds. The molecule has 8 nitrogen and oxygen atoms in total. The van der Waals surface area contributed by atoms with E-state index < -0.39 is 0 Å². The fourth-order valence-electron chi connectivity index (χ4n) is 5.47. The minimum atomic E-state index is -0.325. The maximum absolute atomic E-state index is 13.6. The highest BCUT2D eigenvalue weighted by atomic mass is 19.1. The average molecular weight is 504 g/mol. The third-order valence-corrected chi connectivity index (χ3v) is 7.50. The van der Waals surface area contributed by atoms with Crippen LogP contribution in [0, 0.1) is 12.7 Å². The number of amides is 1. The number of morpholine rings is 1. The van der Waals surface area contributed by atoms with Gasteiger partial charge in [-0.25, -0.2) is 9.37 Å². The second kappa shape index (κ2) is 9.72. The third kappa shape index (κ3) is 4.53. The highest BCUT2D eigenvalue weighted by Gasteiger charge is 2.37. The smallest absolute Gasteiger partial charge is 0.227 e. The summed E-state index contributed by atoms with van der Waals surface area (Å²) in [5.74, 6) is 0.539. The number of hydrogen-bond acceptors (Lipinski definition) is 6. The molecule has 2 aliphatic heterocycles. The van der Waals surface area contributed by atoms with Crippen molar-refractivity contribution in [1.29, 1.82) is 0 Å². The summed E-state index contributed by atoms with van der Waals surface area (Å²) in [5, 5.41) is 5.04. The first kappa shape index (κ1) is 23.8. The molecule has 2 atom stereocenters. The molecule has 4 aromatic rings. The van der Waals surface area contributed by atoms with E-state index in [1.54, 1.807) is 17.0 Å². The quantitative estimate of drug-likeness (QED) is 0.379. The van der Waals surface area contributed by atoms with Crippen LogP contribution in [0.4, 0.5) is 10.1 Å². The summed E-state index contributed by atoms with van der Waals surface area (Å²) < 4.78 is 26.8. The van der Waals surface area contributed by atoms with Gasteiger partial charge in [-0.3, -0.25) is 9.69 Å². The van der Waals surface area contributed by atoms with Gasteiger partial charge in [-0.05, 0) is 62.7 Å². The molecule has 0 N–H and O–H groups in total. The predicted molar refractivity (Wildman–Crippen MR) is 138 cm³/mol. The number of fused-ring (bicyclic) bond motifs is 1. The van der Waals surface area contributed by atoms with Crippen LogP contribution >= 0.6 is 0 Å². The van der Waals surface area contributed by atoms with E-state index in [1.165, 1.54) is 12.1 Å². The van der Waals surface area contributed by atoms with Crippen LogP contribution in [0.15, 0.2) is 53.2 Å². The van der Waals surface area contributed by atoms with E-state index in [1.807, 2.05) is 19.1 Å². The molecule has 192 valence electrons. The van der Waals surface area contributed by atoms with Crippen molar-refractivity contribution < 1.29 is 18.4 Å². The Labute approximate surface area is 214 Å². The number of carbonyl (C=O) groups excluding carboxylic acids is 1. The molecule has 0 aliphatic carbocycles. The first-order chi connectivity index (χ1) is 18.0. The van der Waals surface area contributed by atoms with Crippen LogP contribution in [0.1, 0.15) is 37.3 Å². The molecule has 37 heavy (non-hydrogen) atoms. The van der Waals surface area contributed by atoms with Gasteiger partial charge in [0.1, 0.15) is 11.6 Å². The Morgan fingerprint density at radius 3 is 2.70 bits per heavy atom. The van der Waals surface area contributed by atoms with E-state index in [0.717, 1.165) is 66.6 Å². The van der Waals surface area contributed by atoms with E-state index >= 15 is 0 Å². The lowest BCUT2D eigenvalue weighted by molar-refractivity contribution is -0.117. The fourth-order valence-corrected chi connectivity index (χ4v) is 5.47. The van der Waals surface area contributed by atoms with Crippen molar-refractivity contribution in [1.82, 2.24) is 19.6 Å². The van der Waals surface area contributed by atoms with Crippen LogP contribution < -0.4 is 4.90 Å². The molecule has 0 bridgehead atoms. The Hall–Kier alpha value is -3.56. The van der Waals surface area contributed by atoms with Gasteiger partial charge in [0.05, 0.1) is 30.6 Å². The topological polar surface area (TPSA) is 76.6 Å². The summed E-state index contributed by atoms with van der Waals surface area (Å²) in [7, 11) is 0. The molecule has 9 heteroatoms. The SMILES string of the molecule is Cc1noc2ccc(-c3cn(C[C@H](C)N4CCOCC4)c([C@@H]4CCC(=O)N4c4ccc(F)cc4)n3)cc12. The van der Waals surface area contributed by atoms with E-state index in [2.05, 4.69) is 33.8 Å². The summed E-state index contributed by atoms with van der Waals surface area (Å²) in [6.45, 7) is 8.14. The monoisotopic (exact) mass is 503 g/mol. The number of rotatable bonds is 6. The normalized spacial score (nSPS) is 19.7. The summed E-state index contributed by atoms with van der Waals surface area (Å²) in [5.41, 5.74) is 4.07. The van der Waals surface area contributed by atoms with Crippen molar-refractivity contribution in [2.45, 2.75) is 45.3 Å². The average Bonchev–Trinajstić information content (AvgIpc) is 3.62. The minimum absolute atomic E-state index is 0.0236. The lowest BCUT2D eigenvalue weighted by atomic mass is 10.1. The summed E-state index contributed by atoms with van der Waals surface area (Å²) in [6, 6.07) is 12.1. The van der Waals surface area contributed by atoms with Crippen LogP contribution in [0.5, 0.6) is 0 Å². The molecular formula is C28H30FN5O3. The number of nitrogens with zero attached hydrogens (tertiary/aromatic N) is 5. The zero-order valence-electron chi connectivity index (χ0n) is 21.1. The number of halogens is 1. The number of imidazole rings is 1. The lowest BCUT2D eigenvalue weighted by Crippen LogP contribution is -2.44. The molecule has 0 saturated carbocycles. The second-order valence-electron chi connectivity index (χ2n) is 9.91. The molecule has 0 unspecified atom stereocenters. The molecule has 2 aliphatic rings. The summed E-state index contributed by atoms with van der Waals surface area (Å²) >= 11 is 0. The molecule has 2 aromatic heterocycles. The van der Waals surface area contributed by atoms with Gasteiger partial charge in [-0.2, -0.15) is 0 Å². The molecular weight excluding hydrogens is 473 g/mol. The molecule has 0 spiro atoms. The molecule has 6 rings (SSSR count). The van der Waals surface area contributed by atoms with Crippen molar-refractivity contribution in [2.75, 3.05) is 31.2 Å². The van der Waals surface area contributed by atoms with Gasteiger partial charge in [0.2, 0.25) is 5.91 Å². The highest BCUT2D eigenvalue weighted by Crippen LogP contribution is 2.38. The molecule has 0 radical (unpaired) electrons. The number of benzene rings is 2. The van der Waals surface area contributed by atoms with Gasteiger partial charge in [-0.15, -0.1) is 0 Å². The molecule has 4 heterocycles. The standard InChI is InChI=1S/C28H30FN5O3/c1-18(32-11-13-36-14-12-32)16-33-17-24(20-3-9-26-23(15-20)19(2)31-37-26)30-28(33)25-8-10-27(35)34(25)22-6-4-21(29)5-7-22/h3-7,9,15,17-18,25H,8,10-14,16H2,1-2H3/t18-,25-/m0/s1. The largest absolute Gasteiger partial charge is 0.379 e. The number of anilines is 1. The lowest BCUT2D eigenvalue weighted by Gasteiger charge is -2.33. The van der Waals surface area contributed by atoms with E-state index in [0.29, 0.717) is 18.5 Å². The maximum atomic E-state index is 13.6. The minimum Gasteiger partial charge on any atom is -0.379 e. The van der Waals surface area contributed by atoms with Crippen LogP contribution in [-0.4, -0.2) is 57.9 Å². The fraction of sp³-hybridized carbons (Fsp3) is 0.393. The molecule has 2 aromatic carbocycles. The first-order valence-corrected chi connectivity index (χ1v) is 12.8. The number of aromatic nitrogens is 3. The van der Waals surface area contributed by atoms with Gasteiger partial charge < -0.3 is 18.7 Å². The van der Waals surface area contributed by atoms with Crippen molar-refractivity contribution in [3.05, 3.63) is 66.0 Å². The predicted octanol–water partition coefficient (Wildman–Crippen LogP) is 4.73. The maximum Gasteiger partial charge on any atom is 0.227 e. The Balaban J connectivity index is 1.40. The second-order valence-corrected chi connectivity index (χ2v) is 9.91. The first-order valence-electron chi connectivity index (χ1n) is 12.8. The molecule has 2 fully saturated rings. The van der Waals surface area contributed by atoms with E-state index in [9.17, 15) is 9.18 Å². The van der Waals surface area contributed by atoms with Gasteiger partial charge >= 0.3 is 0 Å². The van der Waals surface area contributed by atoms with E-state index in [4.69, 9.17) is 14.2 Å². The van der Waals surface area contributed by atoms with Gasteiger partial charge in [-0.1, -0.05) is 5.16 Å². The van der Waals surface area contributed by atoms with Gasteiger partial charge in [0, 0.05) is 54.9 Å². The van der Waals surface area contributed by atoms with Gasteiger partial charge in [0.15, 0.2) is 5.58 Å². The van der Waals surface area contributed by atoms with Crippen molar-refractivity contribution in [3.63, 3.8) is 0 Å². The highest BCUT2D eigenvalue weighted by molar-refractivity contribution is 5.96. The van der Waals surface area contributed by atoms with Crippen molar-refractivity contribution in [3.8, 4) is 11.3 Å². The Morgan fingerprint density at radius 2 is 1.92 bits per heavy atom. The Bertz CT molecular complexity index is 1420. The Kier molecular flexibility index (Phi) is 6.26. The van der Waals surface area contributed by atoms with Crippen LogP contribution in [0.2, 0.25) is 0 Å². The van der Waals surface area contributed by atoms with Crippen LogP contribution in [0.3, 0.4) is 0 Å². The summed E-state index contributed by atoms with van der Waals surface area (Å²) in [4.78, 5) is 22.3. The van der Waals surface area contributed by atoms with E-state index in [-0.39, 0.29) is 23.8 Å². The summed E-state index contributed by atoms with van der Waals surface area (Å²) in [6.07, 6.45) is 3.17. The third-order valence-electron chi connectivity index (χ3n) is 7.50. The number of ether oxygens (including phenoxy) is 1. The number of hydrogen-bond donors (Lipinski definition) is 0. The zero-order chi connectivity index (χ0) is 25.5. The number of carbonyl (C=O) groups is 1. The van der Waals surface area contributed by atoms with Gasteiger partial charge in [0.25, 0.3) is 0 Å². The van der Waals surface area contributed by atoms with Crippen molar-refractivity contribution in [2.24, 2.45) is 0 Å². The van der Waals surface area contributed by atoms with Crippen LogP contribution in [0.25, 0.3) is 22.2 Å². The van der Waals surface area contributed by atoms with Crippen LogP contribution in [-0.2, 0) is 16.1 Å². The number of aryl methyl sites for hydroxylation is 1. The Morgan fingerprint density at radius 1 is 1.14 bits per heavy atom. The molecule has 2 saturated heterocycles.